The average molecular weight is 339 g/mol. The fraction of sp³-hybridized carbons (Fsp3) is 0.944. The van der Waals surface area contributed by atoms with E-state index in [1.54, 1.807) is 7.11 Å². The molecule has 0 unspecified atom stereocenters. The summed E-state index contributed by atoms with van der Waals surface area (Å²) in [5.41, 5.74) is 0.254. The third-order valence-electron chi connectivity index (χ3n) is 6.16. The number of β-amino-alcohol motifs (C(OH)–C–C–N with tert-alkyl or cyclic N) is 1. The Bertz CT molecular complexity index is 441. The molecular formula is C18H33N3O3. The third-order valence-corrected chi connectivity index (χ3v) is 6.16. The molecule has 0 bridgehead atoms. The molecule has 1 saturated carbocycles. The Hall–Kier alpha value is -0.690. The summed E-state index contributed by atoms with van der Waals surface area (Å²) in [6.45, 7) is 7.00. The van der Waals surface area contributed by atoms with Crippen molar-refractivity contribution in [1.82, 2.24) is 15.1 Å². The van der Waals surface area contributed by atoms with Gasteiger partial charge in [-0.05, 0) is 44.6 Å². The van der Waals surface area contributed by atoms with E-state index in [1.165, 1.54) is 12.8 Å². The van der Waals surface area contributed by atoms with Gasteiger partial charge in [-0.1, -0.05) is 0 Å². The predicted octanol–water partition coefficient (Wildman–Crippen LogP) is 0.449. The van der Waals surface area contributed by atoms with Crippen LogP contribution < -0.4 is 5.32 Å². The van der Waals surface area contributed by atoms with Gasteiger partial charge in [0.05, 0.1) is 18.8 Å². The largest absolute Gasteiger partial charge is 0.391 e. The van der Waals surface area contributed by atoms with E-state index in [0.717, 1.165) is 45.6 Å². The Morgan fingerprint density at radius 3 is 2.83 bits per heavy atom. The SMILES string of the molecule is COC[C@@H](CCN1CCC2(CC2)[C@H](O)C1)N1C[C@H](C)NCCC1=O. The first-order chi connectivity index (χ1) is 11.5. The van der Waals surface area contributed by atoms with E-state index in [2.05, 4.69) is 17.1 Å². The number of amides is 1. The quantitative estimate of drug-likeness (QED) is 0.736. The molecule has 1 spiro atoms. The number of nitrogens with one attached hydrogen (secondary N) is 1. The summed E-state index contributed by atoms with van der Waals surface area (Å²) in [7, 11) is 1.71. The summed E-state index contributed by atoms with van der Waals surface area (Å²) in [6.07, 6.45) is 4.81. The fourth-order valence-corrected chi connectivity index (χ4v) is 4.26. The highest BCUT2D eigenvalue weighted by molar-refractivity contribution is 5.77. The monoisotopic (exact) mass is 339 g/mol. The number of nitrogens with zero attached hydrogens (tertiary/aromatic N) is 2. The highest BCUT2D eigenvalue weighted by Gasteiger charge is 2.51. The number of piperidine rings is 1. The summed E-state index contributed by atoms with van der Waals surface area (Å²) < 4.78 is 5.40. The zero-order chi connectivity index (χ0) is 17.2. The molecule has 2 N–H and O–H groups in total. The standard InChI is InChI=1S/C18H33N3O3/c1-14-11-21(17(23)3-8-19-14)15(13-24-2)4-9-20-10-7-18(5-6-18)16(22)12-20/h14-16,19,22H,3-13H2,1-2H3/t14-,15+,16+/m0/s1. The van der Waals surface area contributed by atoms with Gasteiger partial charge >= 0.3 is 0 Å². The van der Waals surface area contributed by atoms with Crippen LogP contribution in [-0.4, -0.2) is 85.4 Å². The van der Waals surface area contributed by atoms with Crippen molar-refractivity contribution < 1.29 is 14.6 Å². The van der Waals surface area contributed by atoms with Gasteiger partial charge in [-0.2, -0.15) is 0 Å². The maximum Gasteiger partial charge on any atom is 0.224 e. The third kappa shape index (κ3) is 4.10. The molecule has 3 rings (SSSR count). The van der Waals surface area contributed by atoms with Gasteiger partial charge in [0.1, 0.15) is 0 Å². The number of rotatable bonds is 6. The van der Waals surface area contributed by atoms with Crippen molar-refractivity contribution in [3.63, 3.8) is 0 Å². The minimum atomic E-state index is -0.170. The Morgan fingerprint density at radius 1 is 1.38 bits per heavy atom. The molecule has 24 heavy (non-hydrogen) atoms. The van der Waals surface area contributed by atoms with Gasteiger partial charge in [-0.25, -0.2) is 0 Å². The van der Waals surface area contributed by atoms with Crippen LogP contribution in [0.4, 0.5) is 0 Å². The highest BCUT2D eigenvalue weighted by atomic mass is 16.5. The van der Waals surface area contributed by atoms with E-state index in [1.807, 2.05) is 4.90 Å². The molecule has 6 nitrogen and oxygen atoms in total. The van der Waals surface area contributed by atoms with Gasteiger partial charge in [-0.15, -0.1) is 0 Å². The molecule has 2 saturated heterocycles. The Labute approximate surface area is 145 Å². The molecular weight excluding hydrogens is 306 g/mol. The number of aliphatic hydroxyl groups excluding tert-OH is 1. The second-order valence-corrected chi connectivity index (χ2v) is 7.98. The maximum atomic E-state index is 12.4. The van der Waals surface area contributed by atoms with Crippen LogP contribution in [-0.2, 0) is 9.53 Å². The van der Waals surface area contributed by atoms with Crippen molar-refractivity contribution in [1.29, 1.82) is 0 Å². The summed E-state index contributed by atoms with van der Waals surface area (Å²) in [5, 5.41) is 13.7. The topological polar surface area (TPSA) is 65.0 Å². The van der Waals surface area contributed by atoms with Gasteiger partial charge in [0.25, 0.3) is 0 Å². The molecule has 2 aliphatic heterocycles. The predicted molar refractivity (Wildman–Crippen MR) is 92.8 cm³/mol. The molecule has 6 heteroatoms. The van der Waals surface area contributed by atoms with E-state index in [0.29, 0.717) is 19.1 Å². The van der Waals surface area contributed by atoms with E-state index in [4.69, 9.17) is 4.74 Å². The molecule has 2 heterocycles. The lowest BCUT2D eigenvalue weighted by Gasteiger charge is -2.38. The number of carbonyl (C=O) groups excluding carboxylic acids is 1. The van der Waals surface area contributed by atoms with Crippen LogP contribution in [0.2, 0.25) is 0 Å². The van der Waals surface area contributed by atoms with Crippen molar-refractivity contribution in [2.24, 2.45) is 5.41 Å². The lowest BCUT2D eigenvalue weighted by atomic mass is 9.90. The number of hydrogen-bond acceptors (Lipinski definition) is 5. The minimum Gasteiger partial charge on any atom is -0.391 e. The smallest absolute Gasteiger partial charge is 0.224 e. The van der Waals surface area contributed by atoms with Crippen molar-refractivity contribution in [2.75, 3.05) is 46.4 Å². The highest BCUT2D eigenvalue weighted by Crippen LogP contribution is 2.53. The average Bonchev–Trinajstić information content (AvgIpc) is 3.34. The summed E-state index contributed by atoms with van der Waals surface area (Å²) in [4.78, 5) is 16.8. The molecule has 0 aromatic heterocycles. The first-order valence-electron chi connectivity index (χ1n) is 9.46. The zero-order valence-electron chi connectivity index (χ0n) is 15.2. The van der Waals surface area contributed by atoms with E-state index < -0.39 is 0 Å². The number of hydrogen-bond donors (Lipinski definition) is 2. The summed E-state index contributed by atoms with van der Waals surface area (Å²) in [6, 6.07) is 0.446. The summed E-state index contributed by atoms with van der Waals surface area (Å²) in [5.74, 6) is 0.226. The van der Waals surface area contributed by atoms with E-state index in [-0.39, 0.29) is 23.5 Å². The molecule has 1 aliphatic carbocycles. The van der Waals surface area contributed by atoms with E-state index in [9.17, 15) is 9.90 Å². The molecule has 138 valence electrons. The molecule has 3 atom stereocenters. The van der Waals surface area contributed by atoms with E-state index >= 15 is 0 Å². The minimum absolute atomic E-state index is 0.124. The normalized spacial score (nSPS) is 32.0. The number of ether oxygens (including phenoxy) is 1. The zero-order valence-corrected chi connectivity index (χ0v) is 15.2. The van der Waals surface area contributed by atoms with Crippen molar-refractivity contribution in [3.05, 3.63) is 0 Å². The van der Waals surface area contributed by atoms with Crippen molar-refractivity contribution in [2.45, 2.75) is 57.2 Å². The lowest BCUT2D eigenvalue weighted by Crippen LogP contribution is -2.49. The fourth-order valence-electron chi connectivity index (χ4n) is 4.26. The van der Waals surface area contributed by atoms with Crippen LogP contribution in [0, 0.1) is 5.41 Å². The van der Waals surface area contributed by atoms with Crippen LogP contribution >= 0.6 is 0 Å². The Balaban J connectivity index is 1.54. The molecule has 0 aromatic carbocycles. The summed E-state index contributed by atoms with van der Waals surface area (Å²) >= 11 is 0. The second-order valence-electron chi connectivity index (χ2n) is 7.98. The molecule has 3 aliphatic rings. The van der Waals surface area contributed by atoms with Crippen LogP contribution in [0.15, 0.2) is 0 Å². The second kappa shape index (κ2) is 7.68. The number of aliphatic hydroxyl groups is 1. The number of carbonyl (C=O) groups is 1. The molecule has 0 aromatic rings. The Morgan fingerprint density at radius 2 is 2.17 bits per heavy atom. The van der Waals surface area contributed by atoms with Crippen LogP contribution in [0.5, 0.6) is 0 Å². The van der Waals surface area contributed by atoms with Crippen LogP contribution in [0.1, 0.15) is 39.0 Å². The lowest BCUT2D eigenvalue weighted by molar-refractivity contribution is -0.134. The Kier molecular flexibility index (Phi) is 5.80. The maximum absolute atomic E-state index is 12.4. The molecule has 3 fully saturated rings. The number of methoxy groups -OCH3 is 1. The van der Waals surface area contributed by atoms with Gasteiger partial charge in [0.15, 0.2) is 0 Å². The van der Waals surface area contributed by atoms with Gasteiger partial charge in [0, 0.05) is 45.8 Å². The van der Waals surface area contributed by atoms with Gasteiger partial charge in [-0.3, -0.25) is 4.79 Å². The molecule has 0 radical (unpaired) electrons. The van der Waals surface area contributed by atoms with Crippen LogP contribution in [0.25, 0.3) is 0 Å². The van der Waals surface area contributed by atoms with Crippen molar-refractivity contribution >= 4 is 5.91 Å². The van der Waals surface area contributed by atoms with Crippen LogP contribution in [0.3, 0.4) is 0 Å². The first kappa shape index (κ1) is 18.1. The first-order valence-corrected chi connectivity index (χ1v) is 9.46. The van der Waals surface area contributed by atoms with Gasteiger partial charge in [0.2, 0.25) is 5.91 Å². The van der Waals surface area contributed by atoms with Gasteiger partial charge < -0.3 is 25.0 Å². The van der Waals surface area contributed by atoms with Crippen molar-refractivity contribution in [3.8, 4) is 0 Å². The molecule has 1 amide bonds. The number of likely N-dealkylation sites (tertiary alicyclic amines) is 1.